The van der Waals surface area contributed by atoms with E-state index in [0.29, 0.717) is 28.7 Å². The fraction of sp³-hybridized carbons (Fsp3) is 0.261. The molecule has 0 spiro atoms. The fourth-order valence-corrected chi connectivity index (χ4v) is 4.10. The summed E-state index contributed by atoms with van der Waals surface area (Å²) in [6, 6.07) is 7.70. The van der Waals surface area contributed by atoms with Crippen molar-refractivity contribution in [1.29, 1.82) is 0 Å². The highest BCUT2D eigenvalue weighted by Crippen LogP contribution is 2.45. The van der Waals surface area contributed by atoms with Crippen LogP contribution in [0.2, 0.25) is 0 Å². The Bertz CT molecular complexity index is 1170. The van der Waals surface area contributed by atoms with Crippen molar-refractivity contribution in [3.63, 3.8) is 0 Å². The number of carbonyl (C=O) groups is 2. The number of hydrogen-bond donors (Lipinski definition) is 3. The molecule has 1 atom stereocenters. The van der Waals surface area contributed by atoms with Gasteiger partial charge in [0.15, 0.2) is 11.5 Å². The third-order valence-electron chi connectivity index (χ3n) is 5.00. The molecule has 0 aliphatic carbocycles. The predicted octanol–water partition coefficient (Wildman–Crippen LogP) is 3.25. The predicted molar refractivity (Wildman–Crippen MR) is 128 cm³/mol. The monoisotopic (exact) mass is 487 g/mol. The summed E-state index contributed by atoms with van der Waals surface area (Å²) >= 11 is 1.28. The number of rotatable bonds is 10. The quantitative estimate of drug-likeness (QED) is 0.393. The van der Waals surface area contributed by atoms with Crippen LogP contribution in [0.15, 0.2) is 36.5 Å². The van der Waals surface area contributed by atoms with E-state index in [9.17, 15) is 9.59 Å². The summed E-state index contributed by atoms with van der Waals surface area (Å²) < 4.78 is 26.0. The highest BCUT2D eigenvalue weighted by Gasteiger charge is 2.21. The van der Waals surface area contributed by atoms with Crippen molar-refractivity contribution in [2.45, 2.75) is 12.5 Å². The molecule has 1 aromatic heterocycles. The molecule has 3 aromatic rings. The summed E-state index contributed by atoms with van der Waals surface area (Å²) in [5.41, 5.74) is 8.40. The number of anilines is 1. The number of nitrogens with two attached hydrogens (primary N) is 1. The lowest BCUT2D eigenvalue weighted by atomic mass is 10.0. The molecule has 0 radical (unpaired) electrons. The number of carboxylic acids is 1. The van der Waals surface area contributed by atoms with Gasteiger partial charge in [-0.1, -0.05) is 6.07 Å². The molecule has 0 unspecified atom stereocenters. The lowest BCUT2D eigenvalue weighted by molar-refractivity contribution is -0.138. The average Bonchev–Trinajstić information content (AvgIpc) is 3.32. The number of benzene rings is 2. The highest BCUT2D eigenvalue weighted by molar-refractivity contribution is 7.10. The van der Waals surface area contributed by atoms with Gasteiger partial charge < -0.3 is 35.1 Å². The van der Waals surface area contributed by atoms with Gasteiger partial charge in [-0.15, -0.1) is 0 Å². The van der Waals surface area contributed by atoms with Gasteiger partial charge in [0.2, 0.25) is 11.7 Å². The summed E-state index contributed by atoms with van der Waals surface area (Å²) in [5.74, 6) is 0.0931. The number of carbonyl (C=O) groups excluding carboxylic acids is 1. The number of methoxy groups -OCH3 is 4. The summed E-state index contributed by atoms with van der Waals surface area (Å²) in [7, 11) is 6.09. The number of hydrogen-bond acceptors (Lipinski definition) is 9. The number of ether oxygens (including phenoxy) is 4. The van der Waals surface area contributed by atoms with Crippen LogP contribution in [0.1, 0.15) is 6.42 Å². The second-order valence-electron chi connectivity index (χ2n) is 7.09. The van der Waals surface area contributed by atoms with Gasteiger partial charge in [0.05, 0.1) is 51.5 Å². The zero-order valence-corrected chi connectivity index (χ0v) is 19.9. The van der Waals surface area contributed by atoms with Crippen molar-refractivity contribution in [1.82, 2.24) is 4.37 Å². The van der Waals surface area contributed by atoms with Crippen LogP contribution in [0.25, 0.3) is 21.6 Å². The largest absolute Gasteiger partial charge is 0.495 e. The average molecular weight is 488 g/mol. The first-order valence-corrected chi connectivity index (χ1v) is 10.8. The first kappa shape index (κ1) is 24.8. The number of nitrogens with one attached hydrogen (secondary N) is 1. The smallest absolute Gasteiger partial charge is 0.305 e. The maximum atomic E-state index is 12.4. The third-order valence-corrected chi connectivity index (χ3v) is 5.85. The minimum Gasteiger partial charge on any atom is -0.495 e. The Hall–Kier alpha value is -3.83. The molecule has 10 nitrogen and oxygen atoms in total. The maximum Gasteiger partial charge on any atom is 0.305 e. The maximum absolute atomic E-state index is 12.4. The molecule has 1 amide bonds. The Labute approximate surface area is 200 Å². The standard InChI is InChI=1S/C23H25N3O7S/c1-30-17-6-5-12(7-16(17)26-23(29)15(24)10-20(27)28)14-11-25-34-22(14)13-8-18(31-2)21(33-4)19(9-13)32-3/h5-9,11,15H,10,24H2,1-4H3,(H,26,29)(H,27,28)/t15-/m0/s1. The Morgan fingerprint density at radius 2 is 1.65 bits per heavy atom. The van der Waals surface area contributed by atoms with Crippen LogP contribution < -0.4 is 30.0 Å². The summed E-state index contributed by atoms with van der Waals surface area (Å²) in [6.07, 6.45) is 1.22. The van der Waals surface area contributed by atoms with E-state index >= 15 is 0 Å². The Kier molecular flexibility index (Phi) is 7.92. The zero-order valence-electron chi connectivity index (χ0n) is 19.1. The number of aromatic nitrogens is 1. The molecule has 0 aliphatic rings. The van der Waals surface area contributed by atoms with Crippen molar-refractivity contribution in [3.8, 4) is 44.6 Å². The number of amides is 1. The molecule has 0 bridgehead atoms. The number of nitrogens with zero attached hydrogens (tertiary/aromatic N) is 1. The summed E-state index contributed by atoms with van der Waals surface area (Å²) in [6.45, 7) is 0. The van der Waals surface area contributed by atoms with E-state index in [2.05, 4.69) is 9.69 Å². The number of aliphatic carboxylic acids is 1. The highest BCUT2D eigenvalue weighted by atomic mass is 32.1. The topological polar surface area (TPSA) is 142 Å². The van der Waals surface area contributed by atoms with E-state index in [4.69, 9.17) is 29.8 Å². The molecule has 0 fully saturated rings. The molecular formula is C23H25N3O7S. The van der Waals surface area contributed by atoms with Crippen molar-refractivity contribution >= 4 is 29.1 Å². The Morgan fingerprint density at radius 3 is 2.21 bits per heavy atom. The molecule has 34 heavy (non-hydrogen) atoms. The molecule has 0 saturated carbocycles. The van der Waals surface area contributed by atoms with Gasteiger partial charge in [-0.05, 0) is 41.4 Å². The normalized spacial score (nSPS) is 11.4. The van der Waals surface area contributed by atoms with Gasteiger partial charge >= 0.3 is 5.97 Å². The second-order valence-corrected chi connectivity index (χ2v) is 7.89. The minimum absolute atomic E-state index is 0.355. The van der Waals surface area contributed by atoms with E-state index in [0.717, 1.165) is 21.6 Å². The third kappa shape index (κ3) is 5.21. The molecule has 1 heterocycles. The Morgan fingerprint density at radius 1 is 1.00 bits per heavy atom. The number of carboxylic acid groups (broad SMARTS) is 1. The van der Waals surface area contributed by atoms with Gasteiger partial charge in [-0.2, -0.15) is 4.37 Å². The van der Waals surface area contributed by atoms with Crippen LogP contribution in [0, 0.1) is 0 Å². The van der Waals surface area contributed by atoms with Crippen LogP contribution in [-0.2, 0) is 9.59 Å². The van der Waals surface area contributed by atoms with Crippen LogP contribution in [0.5, 0.6) is 23.0 Å². The van der Waals surface area contributed by atoms with Gasteiger partial charge in [-0.25, -0.2) is 0 Å². The lowest BCUT2D eigenvalue weighted by Gasteiger charge is -2.16. The molecule has 180 valence electrons. The first-order valence-electron chi connectivity index (χ1n) is 10.0. The molecule has 3 rings (SSSR count). The molecule has 4 N–H and O–H groups in total. The van der Waals surface area contributed by atoms with Crippen LogP contribution >= 0.6 is 11.5 Å². The van der Waals surface area contributed by atoms with E-state index in [1.807, 2.05) is 18.2 Å². The van der Waals surface area contributed by atoms with Gasteiger partial charge in [0.1, 0.15) is 5.75 Å². The molecular weight excluding hydrogens is 462 g/mol. The van der Waals surface area contributed by atoms with Crippen LogP contribution in [0.4, 0.5) is 5.69 Å². The van der Waals surface area contributed by atoms with E-state index in [-0.39, 0.29) is 0 Å². The van der Waals surface area contributed by atoms with E-state index in [1.54, 1.807) is 32.5 Å². The molecule has 0 saturated heterocycles. The van der Waals surface area contributed by atoms with E-state index in [1.165, 1.54) is 25.8 Å². The van der Waals surface area contributed by atoms with Gasteiger partial charge in [0.25, 0.3) is 0 Å². The summed E-state index contributed by atoms with van der Waals surface area (Å²) in [5, 5.41) is 11.6. The minimum atomic E-state index is -1.21. The zero-order chi connectivity index (χ0) is 24.8. The molecule has 2 aromatic carbocycles. The SMILES string of the molecule is COc1ccc(-c2cnsc2-c2cc(OC)c(OC)c(OC)c2)cc1NC(=O)[C@@H](N)CC(=O)O. The van der Waals surface area contributed by atoms with Crippen molar-refractivity contribution < 1.29 is 33.6 Å². The van der Waals surface area contributed by atoms with Crippen molar-refractivity contribution in [3.05, 3.63) is 36.5 Å². The van der Waals surface area contributed by atoms with E-state index < -0.39 is 24.3 Å². The molecule has 0 aliphatic heterocycles. The van der Waals surface area contributed by atoms with Gasteiger partial charge in [0, 0.05) is 17.3 Å². The van der Waals surface area contributed by atoms with Crippen LogP contribution in [-0.4, -0.2) is 55.8 Å². The van der Waals surface area contributed by atoms with Crippen LogP contribution in [0.3, 0.4) is 0 Å². The first-order chi connectivity index (χ1) is 16.3. The Balaban J connectivity index is 2.02. The van der Waals surface area contributed by atoms with Gasteiger partial charge in [-0.3, -0.25) is 9.59 Å². The fourth-order valence-electron chi connectivity index (χ4n) is 3.35. The van der Waals surface area contributed by atoms with Crippen molar-refractivity contribution in [2.24, 2.45) is 5.73 Å². The molecule has 11 heteroatoms. The summed E-state index contributed by atoms with van der Waals surface area (Å²) in [4.78, 5) is 24.1. The second kappa shape index (κ2) is 10.9. The lowest BCUT2D eigenvalue weighted by Crippen LogP contribution is -2.37. The van der Waals surface area contributed by atoms with Crippen molar-refractivity contribution in [2.75, 3.05) is 33.8 Å².